The van der Waals surface area contributed by atoms with Gasteiger partial charge in [0.1, 0.15) is 0 Å². The molecule has 10 aromatic carbocycles. The van der Waals surface area contributed by atoms with E-state index in [0.717, 1.165) is 27.8 Å². The van der Waals surface area contributed by atoms with Gasteiger partial charge in [0, 0.05) is 36.9 Å². The number of benzene rings is 10. The van der Waals surface area contributed by atoms with Gasteiger partial charge in [-0.15, -0.1) is 11.3 Å². The Labute approximate surface area is 344 Å². The lowest BCUT2D eigenvalue weighted by Crippen LogP contribution is -2.00. The Hall–Kier alpha value is -7.53. The minimum atomic E-state index is 0.635. The van der Waals surface area contributed by atoms with Crippen molar-refractivity contribution in [1.29, 1.82) is 0 Å². The van der Waals surface area contributed by atoms with Crippen molar-refractivity contribution in [1.82, 2.24) is 15.0 Å². The molecular weight excluding hydrogens is 735 g/mol. The summed E-state index contributed by atoms with van der Waals surface area (Å²) in [6.07, 6.45) is 0. The van der Waals surface area contributed by atoms with Crippen molar-refractivity contribution in [3.63, 3.8) is 0 Å². The minimum absolute atomic E-state index is 0.635. The summed E-state index contributed by atoms with van der Waals surface area (Å²) < 4.78 is 2.62. The predicted octanol–water partition coefficient (Wildman–Crippen LogP) is 15.2. The molecule has 0 bridgehead atoms. The zero-order valence-electron chi connectivity index (χ0n) is 31.8. The molecule has 12 aromatic rings. The van der Waals surface area contributed by atoms with E-state index in [1.54, 1.807) is 0 Å². The third kappa shape index (κ3) is 5.60. The summed E-state index contributed by atoms with van der Waals surface area (Å²) in [5.74, 6) is 1.92. The smallest absolute Gasteiger partial charge is 0.164 e. The molecule has 2 aromatic heterocycles. The molecule has 0 spiro atoms. The molecule has 0 radical (unpaired) electrons. The largest absolute Gasteiger partial charge is 0.208 e. The van der Waals surface area contributed by atoms with Crippen LogP contribution in [0.4, 0.5) is 0 Å². The number of fused-ring (bicyclic) bond motifs is 11. The molecule has 2 heterocycles. The van der Waals surface area contributed by atoms with Gasteiger partial charge in [0.25, 0.3) is 0 Å². The van der Waals surface area contributed by atoms with Gasteiger partial charge in [0.15, 0.2) is 17.5 Å². The summed E-state index contributed by atoms with van der Waals surface area (Å²) >= 11 is 1.84. The van der Waals surface area contributed by atoms with Crippen molar-refractivity contribution in [2.24, 2.45) is 0 Å². The fourth-order valence-electron chi connectivity index (χ4n) is 8.90. The Kier molecular flexibility index (Phi) is 7.72. The SMILES string of the molecule is c1ccc(-c2nc(-c3ccc(-c4ccc5sc6ccccc6c5c4)cc3)nc(-c3cccc(-c4cc5c6ccccc6c6ccccc6c5c5ccccc45)c3)n2)cc1. The molecule has 0 amide bonds. The molecule has 12 rings (SSSR count). The highest BCUT2D eigenvalue weighted by Gasteiger charge is 2.17. The summed E-state index contributed by atoms with van der Waals surface area (Å²) in [6.45, 7) is 0. The molecule has 0 aliphatic rings. The van der Waals surface area contributed by atoms with E-state index in [4.69, 9.17) is 15.0 Å². The van der Waals surface area contributed by atoms with E-state index < -0.39 is 0 Å². The van der Waals surface area contributed by atoms with E-state index >= 15 is 0 Å². The average Bonchev–Trinajstić information content (AvgIpc) is 3.69. The Morgan fingerprint density at radius 3 is 1.46 bits per heavy atom. The quantitative estimate of drug-likeness (QED) is 0.164. The Morgan fingerprint density at radius 1 is 0.254 bits per heavy atom. The summed E-state index contributed by atoms with van der Waals surface area (Å²) in [5.41, 5.74) is 7.45. The maximum atomic E-state index is 5.17. The molecular formula is C55H33N3S. The summed E-state index contributed by atoms with van der Waals surface area (Å²) in [7, 11) is 0. The highest BCUT2D eigenvalue weighted by atomic mass is 32.1. The normalized spacial score (nSPS) is 11.7. The van der Waals surface area contributed by atoms with Gasteiger partial charge in [0.05, 0.1) is 0 Å². The molecule has 0 N–H and O–H groups in total. The van der Waals surface area contributed by atoms with Gasteiger partial charge in [-0.25, -0.2) is 15.0 Å². The van der Waals surface area contributed by atoms with Crippen LogP contribution < -0.4 is 0 Å². The van der Waals surface area contributed by atoms with Gasteiger partial charge in [-0.2, -0.15) is 0 Å². The Morgan fingerprint density at radius 2 is 0.729 bits per heavy atom. The zero-order chi connectivity index (χ0) is 38.9. The topological polar surface area (TPSA) is 38.7 Å². The molecule has 59 heavy (non-hydrogen) atoms. The number of aromatic nitrogens is 3. The van der Waals surface area contributed by atoms with E-state index in [2.05, 4.69) is 182 Å². The Bertz CT molecular complexity index is 3610. The van der Waals surface area contributed by atoms with Gasteiger partial charge in [-0.3, -0.25) is 0 Å². The Balaban J connectivity index is 0.995. The lowest BCUT2D eigenvalue weighted by Gasteiger charge is -2.16. The van der Waals surface area contributed by atoms with Crippen LogP contribution in [-0.4, -0.2) is 15.0 Å². The van der Waals surface area contributed by atoms with Crippen molar-refractivity contribution >= 4 is 74.6 Å². The molecule has 3 nitrogen and oxygen atoms in total. The van der Waals surface area contributed by atoms with Gasteiger partial charge >= 0.3 is 0 Å². The molecule has 4 heteroatoms. The maximum absolute atomic E-state index is 5.17. The fraction of sp³-hybridized carbons (Fsp3) is 0. The first kappa shape index (κ1) is 33.6. The first-order valence-corrected chi connectivity index (χ1v) is 20.7. The second-order valence-electron chi connectivity index (χ2n) is 15.1. The lowest BCUT2D eigenvalue weighted by atomic mass is 9.87. The molecule has 0 atom stereocenters. The average molecular weight is 768 g/mol. The van der Waals surface area contributed by atoms with Crippen molar-refractivity contribution in [2.75, 3.05) is 0 Å². The van der Waals surface area contributed by atoms with E-state index in [1.165, 1.54) is 74.4 Å². The monoisotopic (exact) mass is 767 g/mol. The van der Waals surface area contributed by atoms with Crippen LogP contribution in [0, 0.1) is 0 Å². The second kappa shape index (κ2) is 13.6. The number of thiophene rings is 1. The molecule has 0 saturated carbocycles. The van der Waals surface area contributed by atoms with Gasteiger partial charge < -0.3 is 0 Å². The first-order chi connectivity index (χ1) is 29.2. The van der Waals surface area contributed by atoms with Gasteiger partial charge in [-0.05, 0) is 95.7 Å². The van der Waals surface area contributed by atoms with Crippen LogP contribution in [0.25, 0.3) is 120 Å². The molecule has 274 valence electrons. The van der Waals surface area contributed by atoms with Crippen LogP contribution >= 0.6 is 11.3 Å². The number of rotatable bonds is 5. The second-order valence-corrected chi connectivity index (χ2v) is 16.2. The molecule has 0 saturated heterocycles. The summed E-state index contributed by atoms with van der Waals surface area (Å²) in [4.78, 5) is 15.3. The van der Waals surface area contributed by atoms with Crippen molar-refractivity contribution < 1.29 is 0 Å². The van der Waals surface area contributed by atoms with Crippen LogP contribution in [0.15, 0.2) is 200 Å². The van der Waals surface area contributed by atoms with Gasteiger partial charge in [0.2, 0.25) is 0 Å². The van der Waals surface area contributed by atoms with Crippen molar-refractivity contribution in [3.8, 4) is 56.4 Å². The maximum Gasteiger partial charge on any atom is 0.164 e. The number of nitrogens with zero attached hydrogens (tertiary/aromatic N) is 3. The highest BCUT2D eigenvalue weighted by molar-refractivity contribution is 7.25. The number of hydrogen-bond acceptors (Lipinski definition) is 4. The fourth-order valence-corrected chi connectivity index (χ4v) is 9.99. The zero-order valence-corrected chi connectivity index (χ0v) is 32.6. The van der Waals surface area contributed by atoms with Crippen LogP contribution in [0.3, 0.4) is 0 Å². The third-order valence-corrected chi connectivity index (χ3v) is 12.9. The van der Waals surface area contributed by atoms with Crippen LogP contribution in [0.1, 0.15) is 0 Å². The van der Waals surface area contributed by atoms with Crippen LogP contribution in [0.2, 0.25) is 0 Å². The van der Waals surface area contributed by atoms with Crippen molar-refractivity contribution in [2.45, 2.75) is 0 Å². The molecule has 0 aliphatic heterocycles. The summed E-state index contributed by atoms with van der Waals surface area (Å²) in [6, 6.07) is 71.7. The molecule has 0 unspecified atom stereocenters. The van der Waals surface area contributed by atoms with E-state index in [0.29, 0.717) is 17.5 Å². The minimum Gasteiger partial charge on any atom is -0.208 e. The predicted molar refractivity (Wildman–Crippen MR) is 250 cm³/mol. The van der Waals surface area contributed by atoms with Crippen molar-refractivity contribution in [3.05, 3.63) is 200 Å². The number of hydrogen-bond donors (Lipinski definition) is 0. The lowest BCUT2D eigenvalue weighted by molar-refractivity contribution is 1.07. The first-order valence-electron chi connectivity index (χ1n) is 19.9. The van der Waals surface area contributed by atoms with E-state index in [9.17, 15) is 0 Å². The van der Waals surface area contributed by atoms with E-state index in [-0.39, 0.29) is 0 Å². The summed E-state index contributed by atoms with van der Waals surface area (Å²) in [5, 5.41) is 12.7. The molecule has 0 fully saturated rings. The van der Waals surface area contributed by atoms with Crippen LogP contribution in [-0.2, 0) is 0 Å². The van der Waals surface area contributed by atoms with Crippen LogP contribution in [0.5, 0.6) is 0 Å². The van der Waals surface area contributed by atoms with Gasteiger partial charge in [-0.1, -0.05) is 170 Å². The third-order valence-electron chi connectivity index (χ3n) is 11.7. The van der Waals surface area contributed by atoms with E-state index in [1.807, 2.05) is 29.5 Å². The molecule has 0 aliphatic carbocycles. The highest BCUT2D eigenvalue weighted by Crippen LogP contribution is 2.43. The standard InChI is InChI=1S/C55H33N3S/c1-2-13-35(14-3-1)53-56-54(36-27-25-34(26-28-36)37-29-30-51-48(32-37)44-21-10-11-24-50(44)59-51)58-55(57-53)39-16-12-15-38(31-39)47-33-49-42-19-5-4-17-40(42)41-18-6-8-22-45(41)52(49)46-23-9-7-20-43(46)47/h1-33H.